The van der Waals surface area contributed by atoms with E-state index in [9.17, 15) is 5.11 Å². The zero-order valence-corrected chi connectivity index (χ0v) is 7.16. The molecule has 1 aromatic rings. The molecule has 0 spiro atoms. The van der Waals surface area contributed by atoms with Crippen molar-refractivity contribution in [3.05, 3.63) is 18.0 Å². The Balaban J connectivity index is 2.86. The van der Waals surface area contributed by atoms with Crippen LogP contribution < -0.4 is 0 Å². The molecule has 0 aliphatic rings. The van der Waals surface area contributed by atoms with Gasteiger partial charge in [-0.3, -0.25) is 0 Å². The van der Waals surface area contributed by atoms with E-state index in [2.05, 4.69) is 21.5 Å². The maximum atomic E-state index is 9.71. The summed E-state index contributed by atoms with van der Waals surface area (Å²) in [7, 11) is 0. The first-order chi connectivity index (χ1) is 5.67. The smallest absolute Gasteiger partial charge is 0.168 e. The molecular formula is C9H11NO2. The second-order valence-electron chi connectivity index (χ2n) is 2.61. The SMILES string of the molecule is CCC#CC(C)(O)c1ccon1. The normalized spacial score (nSPS) is 14.6. The Morgan fingerprint density at radius 2 is 2.50 bits per heavy atom. The van der Waals surface area contributed by atoms with E-state index in [1.54, 1.807) is 13.0 Å². The maximum Gasteiger partial charge on any atom is 0.168 e. The molecular weight excluding hydrogens is 154 g/mol. The van der Waals surface area contributed by atoms with Crippen LogP contribution in [0.2, 0.25) is 0 Å². The fourth-order valence-corrected chi connectivity index (χ4v) is 0.788. The summed E-state index contributed by atoms with van der Waals surface area (Å²) in [5, 5.41) is 13.3. The third kappa shape index (κ3) is 1.86. The lowest BCUT2D eigenvalue weighted by atomic mass is 10.0. The molecule has 0 fully saturated rings. The van der Waals surface area contributed by atoms with Crippen LogP contribution in [0.25, 0.3) is 0 Å². The van der Waals surface area contributed by atoms with Crippen LogP contribution in [0.4, 0.5) is 0 Å². The molecule has 0 aliphatic heterocycles. The Morgan fingerprint density at radius 3 is 3.00 bits per heavy atom. The van der Waals surface area contributed by atoms with E-state index in [0.29, 0.717) is 12.1 Å². The Labute approximate surface area is 71.4 Å². The summed E-state index contributed by atoms with van der Waals surface area (Å²) in [4.78, 5) is 0. The summed E-state index contributed by atoms with van der Waals surface area (Å²) in [5.41, 5.74) is -0.744. The monoisotopic (exact) mass is 165 g/mol. The standard InChI is InChI=1S/C9H11NO2/c1-3-4-6-9(2,11)8-5-7-12-10-8/h5,7,11H,3H2,1-2H3. The number of nitrogens with zero attached hydrogens (tertiary/aromatic N) is 1. The molecule has 0 saturated carbocycles. The molecule has 0 aromatic carbocycles. The average molecular weight is 165 g/mol. The summed E-state index contributed by atoms with van der Waals surface area (Å²) in [5.74, 6) is 5.49. The molecule has 0 amide bonds. The van der Waals surface area contributed by atoms with Crippen molar-refractivity contribution in [2.45, 2.75) is 25.9 Å². The summed E-state index contributed by atoms with van der Waals surface area (Å²) in [6, 6.07) is 1.60. The molecule has 3 heteroatoms. The molecule has 1 heterocycles. The number of hydrogen-bond donors (Lipinski definition) is 1. The van der Waals surface area contributed by atoms with E-state index in [4.69, 9.17) is 0 Å². The van der Waals surface area contributed by atoms with Crippen LogP contribution in [-0.2, 0) is 5.60 Å². The van der Waals surface area contributed by atoms with Crippen molar-refractivity contribution in [1.29, 1.82) is 0 Å². The number of aromatic nitrogens is 1. The molecule has 0 saturated heterocycles. The van der Waals surface area contributed by atoms with E-state index in [1.165, 1.54) is 6.26 Å². The van der Waals surface area contributed by atoms with E-state index < -0.39 is 5.60 Å². The van der Waals surface area contributed by atoms with E-state index in [-0.39, 0.29) is 0 Å². The number of aliphatic hydroxyl groups is 1. The number of rotatable bonds is 1. The summed E-state index contributed by atoms with van der Waals surface area (Å²) in [6.45, 7) is 3.51. The highest BCUT2D eigenvalue weighted by molar-refractivity contribution is 5.22. The van der Waals surface area contributed by atoms with Gasteiger partial charge in [-0.2, -0.15) is 0 Å². The second kappa shape index (κ2) is 3.42. The first-order valence-corrected chi connectivity index (χ1v) is 3.80. The van der Waals surface area contributed by atoms with Gasteiger partial charge in [0.05, 0.1) is 0 Å². The Bertz CT molecular complexity index is 290. The van der Waals surface area contributed by atoms with Crippen LogP contribution in [0.15, 0.2) is 16.9 Å². The Morgan fingerprint density at radius 1 is 1.75 bits per heavy atom. The van der Waals surface area contributed by atoms with Gasteiger partial charge in [-0.1, -0.05) is 18.0 Å². The van der Waals surface area contributed by atoms with Crippen molar-refractivity contribution in [2.24, 2.45) is 0 Å². The molecule has 1 unspecified atom stereocenters. The zero-order chi connectivity index (χ0) is 9.03. The maximum absolute atomic E-state index is 9.71. The molecule has 1 atom stereocenters. The fourth-order valence-electron chi connectivity index (χ4n) is 0.788. The predicted molar refractivity (Wildman–Crippen MR) is 44.1 cm³/mol. The lowest BCUT2D eigenvalue weighted by Gasteiger charge is -2.11. The molecule has 64 valence electrons. The molecule has 12 heavy (non-hydrogen) atoms. The summed E-state index contributed by atoms with van der Waals surface area (Å²) < 4.78 is 4.60. The van der Waals surface area contributed by atoms with E-state index in [0.717, 1.165) is 0 Å². The van der Waals surface area contributed by atoms with Crippen LogP contribution >= 0.6 is 0 Å². The van der Waals surface area contributed by atoms with Gasteiger partial charge in [-0.05, 0) is 6.92 Å². The number of hydrogen-bond acceptors (Lipinski definition) is 3. The lowest BCUT2D eigenvalue weighted by molar-refractivity contribution is 0.112. The second-order valence-corrected chi connectivity index (χ2v) is 2.61. The third-order valence-corrected chi connectivity index (χ3v) is 1.45. The quantitative estimate of drug-likeness (QED) is 0.638. The highest BCUT2D eigenvalue weighted by Gasteiger charge is 2.22. The van der Waals surface area contributed by atoms with Crippen LogP contribution in [0, 0.1) is 11.8 Å². The molecule has 3 nitrogen and oxygen atoms in total. The van der Waals surface area contributed by atoms with Gasteiger partial charge in [0.1, 0.15) is 12.0 Å². The summed E-state index contributed by atoms with van der Waals surface area (Å²) in [6.07, 6.45) is 2.13. The van der Waals surface area contributed by atoms with Gasteiger partial charge < -0.3 is 9.63 Å². The third-order valence-electron chi connectivity index (χ3n) is 1.45. The lowest BCUT2D eigenvalue weighted by Crippen LogP contribution is -2.18. The van der Waals surface area contributed by atoms with Crippen molar-refractivity contribution in [2.75, 3.05) is 0 Å². The predicted octanol–water partition coefficient (Wildman–Crippen LogP) is 1.30. The van der Waals surface area contributed by atoms with Gasteiger partial charge in [0, 0.05) is 12.5 Å². The first kappa shape index (κ1) is 8.82. The first-order valence-electron chi connectivity index (χ1n) is 3.80. The minimum atomic E-state index is -1.19. The zero-order valence-electron chi connectivity index (χ0n) is 7.16. The van der Waals surface area contributed by atoms with Gasteiger partial charge >= 0.3 is 0 Å². The van der Waals surface area contributed by atoms with Gasteiger partial charge in [0.25, 0.3) is 0 Å². The van der Waals surface area contributed by atoms with Crippen molar-refractivity contribution in [3.63, 3.8) is 0 Å². The van der Waals surface area contributed by atoms with Gasteiger partial charge in [-0.15, -0.1) is 5.92 Å². The van der Waals surface area contributed by atoms with E-state index in [1.807, 2.05) is 6.92 Å². The minimum absolute atomic E-state index is 0.448. The molecule has 0 aliphatic carbocycles. The van der Waals surface area contributed by atoms with Gasteiger partial charge in [0.15, 0.2) is 5.60 Å². The Hall–Kier alpha value is -1.27. The minimum Gasteiger partial charge on any atom is -0.372 e. The fraction of sp³-hybridized carbons (Fsp3) is 0.444. The summed E-state index contributed by atoms with van der Waals surface area (Å²) >= 11 is 0. The van der Waals surface area contributed by atoms with Crippen LogP contribution in [0.3, 0.4) is 0 Å². The topological polar surface area (TPSA) is 46.3 Å². The van der Waals surface area contributed by atoms with Crippen LogP contribution in [-0.4, -0.2) is 10.3 Å². The van der Waals surface area contributed by atoms with Crippen LogP contribution in [0.1, 0.15) is 26.0 Å². The van der Waals surface area contributed by atoms with Crippen molar-refractivity contribution >= 4 is 0 Å². The molecule has 0 bridgehead atoms. The van der Waals surface area contributed by atoms with Crippen molar-refractivity contribution < 1.29 is 9.63 Å². The molecule has 1 rings (SSSR count). The highest BCUT2D eigenvalue weighted by atomic mass is 16.5. The molecule has 0 radical (unpaired) electrons. The molecule has 1 aromatic heterocycles. The van der Waals surface area contributed by atoms with Gasteiger partial charge in [0.2, 0.25) is 0 Å². The van der Waals surface area contributed by atoms with Gasteiger partial charge in [-0.25, -0.2) is 0 Å². The van der Waals surface area contributed by atoms with Crippen molar-refractivity contribution in [1.82, 2.24) is 5.16 Å². The average Bonchev–Trinajstić information content (AvgIpc) is 2.53. The largest absolute Gasteiger partial charge is 0.372 e. The highest BCUT2D eigenvalue weighted by Crippen LogP contribution is 2.16. The van der Waals surface area contributed by atoms with Crippen molar-refractivity contribution in [3.8, 4) is 11.8 Å². The van der Waals surface area contributed by atoms with Crippen LogP contribution in [0.5, 0.6) is 0 Å². The molecule has 1 N–H and O–H groups in total. The Kier molecular flexibility index (Phi) is 2.51. The van der Waals surface area contributed by atoms with E-state index >= 15 is 0 Å².